The number of hydrogen-bond acceptors (Lipinski definition) is 7. The molecule has 0 aliphatic rings. The van der Waals surface area contributed by atoms with Crippen molar-refractivity contribution in [1.29, 1.82) is 5.26 Å². The smallest absolute Gasteiger partial charge is 0.128 e. The zero-order valence-corrected chi connectivity index (χ0v) is 50.6. The number of hydrogen-bond donors (Lipinski definition) is 1. The molecule has 0 unspecified atom stereocenters. The third kappa shape index (κ3) is 19.7. The summed E-state index contributed by atoms with van der Waals surface area (Å²) >= 11 is 0. The predicted octanol–water partition coefficient (Wildman–Crippen LogP) is 20.8. The van der Waals surface area contributed by atoms with E-state index in [2.05, 4.69) is 248 Å². The maximum Gasteiger partial charge on any atom is 0.128 e. The minimum absolute atomic E-state index is 0. The lowest BCUT2D eigenvalue weighted by atomic mass is 9.97. The van der Waals surface area contributed by atoms with Crippen molar-refractivity contribution >= 4 is 0 Å². The average Bonchev–Trinajstić information content (AvgIpc) is 3.58. The number of nitrogens with zero attached hydrogens (tertiary/aromatic N) is 6. The van der Waals surface area contributed by atoms with Crippen LogP contribution in [0.25, 0.3) is 56.3 Å². The number of pyridine rings is 5. The van der Waals surface area contributed by atoms with E-state index in [4.69, 9.17) is 5.26 Å². The van der Waals surface area contributed by atoms with E-state index in [9.17, 15) is 5.11 Å². The molecule has 0 amide bonds. The number of aromatic nitrogens is 5. The van der Waals surface area contributed by atoms with Gasteiger partial charge in [-0.15, -0.1) is 0 Å². The second-order valence-corrected chi connectivity index (χ2v) is 22.3. The molecule has 0 saturated carbocycles. The molecule has 0 atom stereocenters. The summed E-state index contributed by atoms with van der Waals surface area (Å²) in [5, 5.41) is 19.0. The molecule has 0 fully saturated rings. The Kier molecular flexibility index (Phi) is 25.0. The third-order valence-corrected chi connectivity index (χ3v) is 13.7. The van der Waals surface area contributed by atoms with Gasteiger partial charge in [0.15, 0.2) is 0 Å². The molecule has 0 spiro atoms. The van der Waals surface area contributed by atoms with Crippen LogP contribution in [0, 0.1) is 39.0 Å². The Labute approximate surface area is 497 Å². The number of phenolic OH excluding ortho intramolecular Hbond substituents is 1. The number of nitriles is 1. The normalized spacial score (nSPS) is 10.5. The van der Waals surface area contributed by atoms with E-state index in [1.165, 1.54) is 38.9 Å². The van der Waals surface area contributed by atoms with E-state index in [0.717, 1.165) is 67.9 Å². The summed E-state index contributed by atoms with van der Waals surface area (Å²) in [6.07, 6.45) is 1.61. The lowest BCUT2D eigenvalue weighted by Crippen LogP contribution is -1.93. The van der Waals surface area contributed by atoms with Gasteiger partial charge in [-0.1, -0.05) is 197 Å². The van der Waals surface area contributed by atoms with Crippen LogP contribution in [-0.4, -0.2) is 30.0 Å². The Morgan fingerprint density at radius 3 is 1.18 bits per heavy atom. The second-order valence-electron chi connectivity index (χ2n) is 22.3. The van der Waals surface area contributed by atoms with Crippen molar-refractivity contribution in [3.05, 3.63) is 263 Å². The van der Waals surface area contributed by atoms with Crippen LogP contribution in [0.4, 0.5) is 0 Å². The van der Waals surface area contributed by atoms with Crippen LogP contribution < -0.4 is 0 Å². The molecule has 10 aromatic rings. The monoisotopic (exact) mass is 1100 g/mol. The molecule has 5 aromatic carbocycles. The quantitative estimate of drug-likeness (QED) is 0.145. The van der Waals surface area contributed by atoms with Gasteiger partial charge in [-0.05, 0) is 165 Å². The molecule has 7 heteroatoms. The van der Waals surface area contributed by atoms with Gasteiger partial charge in [0.05, 0.1) is 34.0 Å². The standard InChI is InChI=1S/C15H14N2.C15H17NO.3C15H17N.CH4/c1-11(2)13-4-3-5-14(8-13)15-7-6-12(9-16)10-17-15;1-10(2)12-7-5-8-13(15(12)17)14-9-4-6-11(3)16-14;1-11(2)13-7-5-8-14(10-13)15-9-4-6-12(3)16-15;2*1-11(2)14-8-5-9-15(16-14)13-7-4-6-12(3)10-13;/h3-8,10-11H,1-2H3;4-10,17H,1-3H3;3*4-11H,1-3H3;1H4. The molecular formula is C76H86N6O. The van der Waals surface area contributed by atoms with E-state index in [-0.39, 0.29) is 7.43 Å². The maximum absolute atomic E-state index is 10.3. The van der Waals surface area contributed by atoms with Gasteiger partial charge < -0.3 is 5.11 Å². The second kappa shape index (κ2) is 32.0. The summed E-state index contributed by atoms with van der Waals surface area (Å²) in [6, 6.07) is 70.0. The van der Waals surface area contributed by atoms with Gasteiger partial charge in [0.2, 0.25) is 0 Å². The first-order valence-corrected chi connectivity index (χ1v) is 28.6. The van der Waals surface area contributed by atoms with Crippen LogP contribution in [0.3, 0.4) is 0 Å². The molecule has 5 aromatic heterocycles. The minimum Gasteiger partial charge on any atom is -0.507 e. The number of rotatable bonds is 10. The van der Waals surface area contributed by atoms with Crippen molar-refractivity contribution in [3.63, 3.8) is 0 Å². The molecule has 426 valence electrons. The molecule has 10 rings (SSSR count). The molecule has 0 radical (unpaired) electrons. The highest BCUT2D eigenvalue weighted by atomic mass is 16.3. The molecule has 0 aliphatic heterocycles. The summed E-state index contributed by atoms with van der Waals surface area (Å²) in [6.45, 7) is 29.8. The highest BCUT2D eigenvalue weighted by Crippen LogP contribution is 2.35. The Morgan fingerprint density at radius 2 is 0.771 bits per heavy atom. The fraction of sp³-hybridized carbons (Fsp3) is 0.263. The fourth-order valence-electron chi connectivity index (χ4n) is 8.85. The van der Waals surface area contributed by atoms with Gasteiger partial charge >= 0.3 is 0 Å². The number of para-hydroxylation sites is 1. The number of phenols is 1. The van der Waals surface area contributed by atoms with Gasteiger partial charge in [0, 0.05) is 56.8 Å². The van der Waals surface area contributed by atoms with Gasteiger partial charge in [-0.2, -0.15) is 5.26 Å². The number of benzene rings is 5. The van der Waals surface area contributed by atoms with Crippen molar-refractivity contribution in [2.75, 3.05) is 0 Å². The molecule has 0 saturated heterocycles. The maximum atomic E-state index is 10.3. The van der Waals surface area contributed by atoms with Crippen LogP contribution in [0.1, 0.15) is 162 Å². The largest absolute Gasteiger partial charge is 0.507 e. The summed E-state index contributed by atoms with van der Waals surface area (Å²) in [7, 11) is 0. The van der Waals surface area contributed by atoms with E-state index < -0.39 is 0 Å². The summed E-state index contributed by atoms with van der Waals surface area (Å²) in [4.78, 5) is 22.7. The Hall–Kier alpha value is -8.86. The number of aromatic hydroxyl groups is 1. The SMILES string of the molecule is C.CC(C)c1cccc(-c2ccc(C#N)cn2)c1.Cc1cccc(-c2cccc(C(C)C)c2)n1.Cc1cccc(-c2cccc(C(C)C)c2O)n1.Cc1cccc(-c2cccc(C(C)C)n2)c1.Cc1cccc(-c2cccc(C(C)C)n2)c1. The molecule has 0 aliphatic carbocycles. The first-order valence-electron chi connectivity index (χ1n) is 28.6. The van der Waals surface area contributed by atoms with E-state index >= 15 is 0 Å². The highest BCUT2D eigenvalue weighted by Gasteiger charge is 2.13. The van der Waals surface area contributed by atoms with Gasteiger partial charge in [-0.3, -0.25) is 24.9 Å². The topological polar surface area (TPSA) is 108 Å². The van der Waals surface area contributed by atoms with Crippen molar-refractivity contribution in [2.45, 2.75) is 134 Å². The lowest BCUT2D eigenvalue weighted by Gasteiger charge is -2.12. The van der Waals surface area contributed by atoms with Gasteiger partial charge in [-0.25, -0.2) is 0 Å². The molecule has 0 bridgehead atoms. The van der Waals surface area contributed by atoms with Crippen LogP contribution in [0.2, 0.25) is 0 Å². The van der Waals surface area contributed by atoms with Crippen molar-refractivity contribution in [2.24, 2.45) is 0 Å². The van der Waals surface area contributed by atoms with E-state index in [1.807, 2.05) is 74.5 Å². The Bertz CT molecular complexity index is 3440. The van der Waals surface area contributed by atoms with Crippen LogP contribution in [0.15, 0.2) is 206 Å². The summed E-state index contributed by atoms with van der Waals surface area (Å²) in [5.41, 5.74) is 21.5. The van der Waals surface area contributed by atoms with Crippen LogP contribution in [0.5, 0.6) is 5.75 Å². The van der Waals surface area contributed by atoms with Crippen LogP contribution >= 0.6 is 0 Å². The molecule has 83 heavy (non-hydrogen) atoms. The van der Waals surface area contributed by atoms with E-state index in [1.54, 1.807) is 12.3 Å². The lowest BCUT2D eigenvalue weighted by molar-refractivity contribution is 0.466. The Balaban J connectivity index is 0.000000189. The summed E-state index contributed by atoms with van der Waals surface area (Å²) in [5.74, 6) is 2.67. The summed E-state index contributed by atoms with van der Waals surface area (Å²) < 4.78 is 0. The fourth-order valence-corrected chi connectivity index (χ4v) is 8.85. The predicted molar refractivity (Wildman–Crippen MR) is 351 cm³/mol. The van der Waals surface area contributed by atoms with Crippen molar-refractivity contribution in [1.82, 2.24) is 24.9 Å². The molecule has 1 N–H and O–H groups in total. The highest BCUT2D eigenvalue weighted by molar-refractivity contribution is 5.69. The van der Waals surface area contributed by atoms with Gasteiger partial charge in [0.25, 0.3) is 0 Å². The molecule has 7 nitrogen and oxygen atoms in total. The van der Waals surface area contributed by atoms with E-state index in [0.29, 0.717) is 40.9 Å². The minimum atomic E-state index is 0. The van der Waals surface area contributed by atoms with Crippen molar-refractivity contribution in [3.8, 4) is 68.1 Å². The first kappa shape index (κ1) is 65.0. The average molecular weight is 1100 g/mol. The van der Waals surface area contributed by atoms with Crippen molar-refractivity contribution < 1.29 is 5.11 Å². The first-order chi connectivity index (χ1) is 39.3. The molecule has 5 heterocycles. The van der Waals surface area contributed by atoms with Crippen LogP contribution in [-0.2, 0) is 0 Å². The zero-order chi connectivity index (χ0) is 59.3. The third-order valence-electron chi connectivity index (χ3n) is 13.7. The molecular weight excluding hydrogens is 1010 g/mol. The van der Waals surface area contributed by atoms with Gasteiger partial charge in [0.1, 0.15) is 11.8 Å². The zero-order valence-electron chi connectivity index (χ0n) is 50.6. The number of aryl methyl sites for hydroxylation is 4. The Morgan fingerprint density at radius 1 is 0.373 bits per heavy atom.